The fraction of sp³-hybridized carbons (Fsp3) is 0.235. The molecule has 2 nitrogen and oxygen atoms in total. The summed E-state index contributed by atoms with van der Waals surface area (Å²) in [6.45, 7) is 4.00. The first-order valence-corrected chi connectivity index (χ1v) is 7.10. The van der Waals surface area contributed by atoms with Gasteiger partial charge in [0.05, 0.1) is 5.56 Å². The van der Waals surface area contributed by atoms with E-state index in [4.69, 9.17) is 16.7 Å². The van der Waals surface area contributed by atoms with Crippen molar-refractivity contribution in [3.8, 4) is 0 Å². The van der Waals surface area contributed by atoms with Gasteiger partial charge in [-0.2, -0.15) is 0 Å². The highest BCUT2D eigenvalue weighted by molar-refractivity contribution is 6.30. The Morgan fingerprint density at radius 3 is 2.40 bits per heavy atom. The molecule has 0 aliphatic heterocycles. The van der Waals surface area contributed by atoms with Crippen molar-refractivity contribution in [1.82, 2.24) is 0 Å². The Morgan fingerprint density at radius 2 is 1.75 bits per heavy atom. The molecular weight excluding hydrogens is 272 g/mol. The molecule has 0 aliphatic rings. The lowest BCUT2D eigenvalue weighted by Crippen LogP contribution is -2.03. The molecule has 20 heavy (non-hydrogen) atoms. The van der Waals surface area contributed by atoms with Crippen LogP contribution in [0, 0.1) is 0 Å². The lowest BCUT2D eigenvalue weighted by Gasteiger charge is -2.06. The van der Waals surface area contributed by atoms with Crippen molar-refractivity contribution in [2.24, 2.45) is 0 Å². The SMILES string of the molecule is CC.O=C(O)c1ccccc1CCc1cccc(Cl)c1. The fourth-order valence-corrected chi connectivity index (χ4v) is 2.13. The first-order valence-electron chi connectivity index (χ1n) is 6.72. The smallest absolute Gasteiger partial charge is 0.335 e. The van der Waals surface area contributed by atoms with E-state index in [0.29, 0.717) is 17.0 Å². The van der Waals surface area contributed by atoms with Crippen molar-refractivity contribution < 1.29 is 9.90 Å². The van der Waals surface area contributed by atoms with E-state index in [2.05, 4.69) is 0 Å². The monoisotopic (exact) mass is 290 g/mol. The molecule has 106 valence electrons. The van der Waals surface area contributed by atoms with Gasteiger partial charge < -0.3 is 5.11 Å². The second-order valence-corrected chi connectivity index (χ2v) is 4.53. The van der Waals surface area contributed by atoms with Crippen molar-refractivity contribution in [3.05, 3.63) is 70.2 Å². The summed E-state index contributed by atoms with van der Waals surface area (Å²) in [6, 6.07) is 14.7. The van der Waals surface area contributed by atoms with Gasteiger partial charge >= 0.3 is 5.97 Å². The van der Waals surface area contributed by atoms with Gasteiger partial charge in [0, 0.05) is 5.02 Å². The third-order valence-electron chi connectivity index (χ3n) is 2.82. The number of hydrogen-bond acceptors (Lipinski definition) is 1. The molecule has 3 heteroatoms. The molecule has 0 spiro atoms. The lowest BCUT2D eigenvalue weighted by molar-refractivity contribution is 0.0695. The molecule has 2 aromatic carbocycles. The van der Waals surface area contributed by atoms with E-state index in [1.54, 1.807) is 12.1 Å². The number of aromatic carboxylic acids is 1. The molecule has 0 atom stereocenters. The first kappa shape index (κ1) is 16.3. The van der Waals surface area contributed by atoms with Crippen LogP contribution in [-0.2, 0) is 12.8 Å². The maximum atomic E-state index is 11.1. The Balaban J connectivity index is 0.000000956. The minimum absolute atomic E-state index is 0.375. The van der Waals surface area contributed by atoms with Crippen molar-refractivity contribution in [2.75, 3.05) is 0 Å². The topological polar surface area (TPSA) is 37.3 Å². The molecule has 2 aromatic rings. The van der Waals surface area contributed by atoms with E-state index in [1.807, 2.05) is 50.2 Å². The fourth-order valence-electron chi connectivity index (χ4n) is 1.92. The minimum atomic E-state index is -0.878. The van der Waals surface area contributed by atoms with Crippen LogP contribution in [0.5, 0.6) is 0 Å². The number of benzene rings is 2. The van der Waals surface area contributed by atoms with E-state index in [1.165, 1.54) is 0 Å². The van der Waals surface area contributed by atoms with Gasteiger partial charge in [0.25, 0.3) is 0 Å². The van der Waals surface area contributed by atoms with E-state index in [-0.39, 0.29) is 0 Å². The van der Waals surface area contributed by atoms with Gasteiger partial charge in [-0.25, -0.2) is 4.79 Å². The molecule has 1 N–H and O–H groups in total. The normalized spacial score (nSPS) is 9.55. The maximum absolute atomic E-state index is 11.1. The van der Waals surface area contributed by atoms with E-state index < -0.39 is 5.97 Å². The highest BCUT2D eigenvalue weighted by Crippen LogP contribution is 2.15. The minimum Gasteiger partial charge on any atom is -0.478 e. The second-order valence-electron chi connectivity index (χ2n) is 4.09. The zero-order valence-electron chi connectivity index (χ0n) is 11.8. The van der Waals surface area contributed by atoms with Crippen LogP contribution in [-0.4, -0.2) is 11.1 Å². The molecule has 0 aliphatic carbocycles. The summed E-state index contributed by atoms with van der Waals surface area (Å²) in [5, 5.41) is 9.79. The van der Waals surface area contributed by atoms with Crippen LogP contribution in [0.1, 0.15) is 35.3 Å². The Kier molecular flexibility index (Phi) is 6.82. The van der Waals surface area contributed by atoms with Crippen LogP contribution in [0.15, 0.2) is 48.5 Å². The molecule has 0 saturated carbocycles. The number of rotatable bonds is 4. The first-order chi connectivity index (χ1) is 9.66. The predicted molar refractivity (Wildman–Crippen MR) is 83.6 cm³/mol. The van der Waals surface area contributed by atoms with Crippen molar-refractivity contribution in [3.63, 3.8) is 0 Å². The molecule has 0 heterocycles. The average molecular weight is 291 g/mol. The summed E-state index contributed by atoms with van der Waals surface area (Å²) in [4.78, 5) is 11.1. The summed E-state index contributed by atoms with van der Waals surface area (Å²) in [5.41, 5.74) is 2.34. The molecular formula is C17H19ClO2. The van der Waals surface area contributed by atoms with Crippen LogP contribution in [0.3, 0.4) is 0 Å². The van der Waals surface area contributed by atoms with Crippen molar-refractivity contribution >= 4 is 17.6 Å². The van der Waals surface area contributed by atoms with Gasteiger partial charge in [0.2, 0.25) is 0 Å². The summed E-state index contributed by atoms with van der Waals surface area (Å²) in [7, 11) is 0. The van der Waals surface area contributed by atoms with Gasteiger partial charge in [-0.3, -0.25) is 0 Å². The summed E-state index contributed by atoms with van der Waals surface area (Å²) in [5.74, 6) is -0.878. The van der Waals surface area contributed by atoms with Crippen LogP contribution in [0.25, 0.3) is 0 Å². The zero-order valence-corrected chi connectivity index (χ0v) is 12.5. The van der Waals surface area contributed by atoms with Gasteiger partial charge in [0.15, 0.2) is 0 Å². The highest BCUT2D eigenvalue weighted by atomic mass is 35.5. The predicted octanol–water partition coefficient (Wildman–Crippen LogP) is 4.85. The van der Waals surface area contributed by atoms with Gasteiger partial charge in [-0.1, -0.05) is 55.8 Å². The summed E-state index contributed by atoms with van der Waals surface area (Å²) in [6.07, 6.45) is 1.48. The van der Waals surface area contributed by atoms with Crippen LogP contribution < -0.4 is 0 Å². The van der Waals surface area contributed by atoms with Crippen LogP contribution in [0.4, 0.5) is 0 Å². The van der Waals surface area contributed by atoms with Crippen molar-refractivity contribution in [2.45, 2.75) is 26.7 Å². The third kappa shape index (κ3) is 4.71. The third-order valence-corrected chi connectivity index (χ3v) is 3.05. The van der Waals surface area contributed by atoms with Gasteiger partial charge in [-0.05, 0) is 42.2 Å². The number of halogens is 1. The number of carboxylic acid groups (broad SMARTS) is 1. The molecule has 0 radical (unpaired) electrons. The standard InChI is InChI=1S/C15H13ClO2.C2H6/c16-13-6-3-4-11(10-13)8-9-12-5-1-2-7-14(12)15(17)18;1-2/h1-7,10H,8-9H2,(H,17,18);1-2H3. The molecule has 0 amide bonds. The quantitative estimate of drug-likeness (QED) is 0.874. The van der Waals surface area contributed by atoms with Gasteiger partial charge in [0.1, 0.15) is 0 Å². The Morgan fingerprint density at radius 1 is 1.05 bits per heavy atom. The maximum Gasteiger partial charge on any atom is 0.335 e. The lowest BCUT2D eigenvalue weighted by atomic mass is 10.00. The summed E-state index contributed by atoms with van der Waals surface area (Å²) < 4.78 is 0. The molecule has 0 unspecified atom stereocenters. The van der Waals surface area contributed by atoms with E-state index in [9.17, 15) is 4.79 Å². The number of aryl methyl sites for hydroxylation is 2. The molecule has 0 bridgehead atoms. The Bertz CT molecular complexity index is 564. The Hall–Kier alpha value is -1.80. The van der Waals surface area contributed by atoms with Crippen molar-refractivity contribution in [1.29, 1.82) is 0 Å². The van der Waals surface area contributed by atoms with E-state index >= 15 is 0 Å². The molecule has 0 saturated heterocycles. The van der Waals surface area contributed by atoms with Gasteiger partial charge in [-0.15, -0.1) is 0 Å². The van der Waals surface area contributed by atoms with Crippen LogP contribution >= 0.6 is 11.6 Å². The average Bonchev–Trinajstić information content (AvgIpc) is 2.47. The largest absolute Gasteiger partial charge is 0.478 e. The molecule has 0 fully saturated rings. The highest BCUT2D eigenvalue weighted by Gasteiger charge is 2.08. The van der Waals surface area contributed by atoms with Crippen LogP contribution in [0.2, 0.25) is 5.02 Å². The van der Waals surface area contributed by atoms with E-state index in [0.717, 1.165) is 17.5 Å². The number of carboxylic acids is 1. The summed E-state index contributed by atoms with van der Waals surface area (Å²) >= 11 is 5.91. The molecule has 0 aromatic heterocycles. The Labute approximate surface area is 125 Å². The number of hydrogen-bond donors (Lipinski definition) is 1. The number of carbonyl (C=O) groups is 1. The molecule has 2 rings (SSSR count). The zero-order chi connectivity index (χ0) is 15.0. The second kappa shape index (κ2) is 8.39.